The zero-order valence-corrected chi connectivity index (χ0v) is 10.6. The molecule has 0 unspecified atom stereocenters. The largest absolute Gasteiger partial charge is 0.497 e. The number of anilines is 2. The molecule has 0 radical (unpaired) electrons. The Hall–Kier alpha value is -2.63. The van der Waals surface area contributed by atoms with Crippen molar-refractivity contribution < 1.29 is 13.5 Å². The Kier molecular flexibility index (Phi) is 2.98. The molecule has 3 rings (SSSR count). The minimum atomic E-state index is -0.648. The molecule has 0 fully saturated rings. The summed E-state index contributed by atoms with van der Waals surface area (Å²) in [4.78, 5) is 0. The van der Waals surface area contributed by atoms with Crippen molar-refractivity contribution in [2.75, 3.05) is 12.4 Å². The van der Waals surface area contributed by atoms with Gasteiger partial charge in [0.15, 0.2) is 5.82 Å². The highest BCUT2D eigenvalue weighted by atomic mass is 19.1. The van der Waals surface area contributed by atoms with Crippen molar-refractivity contribution in [1.29, 1.82) is 0 Å². The van der Waals surface area contributed by atoms with Crippen molar-refractivity contribution in [3.63, 3.8) is 0 Å². The monoisotopic (exact) mass is 275 g/mol. The summed E-state index contributed by atoms with van der Waals surface area (Å²) in [6.07, 6.45) is 0. The highest BCUT2D eigenvalue weighted by Gasteiger charge is 2.08. The Labute approximate surface area is 113 Å². The maximum atomic E-state index is 13.2. The fourth-order valence-electron chi connectivity index (χ4n) is 1.98. The molecule has 2 N–H and O–H groups in total. The zero-order chi connectivity index (χ0) is 14.1. The van der Waals surface area contributed by atoms with Crippen LogP contribution in [-0.2, 0) is 0 Å². The highest BCUT2D eigenvalue weighted by Crippen LogP contribution is 2.27. The van der Waals surface area contributed by atoms with Gasteiger partial charge in [0.1, 0.15) is 17.4 Å². The summed E-state index contributed by atoms with van der Waals surface area (Å²) in [5.74, 6) is -0.147. The molecule has 0 atom stereocenters. The number of nitrogens with one attached hydrogen (secondary N) is 2. The predicted octanol–water partition coefficient (Wildman–Crippen LogP) is 3.59. The maximum absolute atomic E-state index is 13.2. The minimum Gasteiger partial charge on any atom is -0.497 e. The number of H-pyrrole nitrogens is 1. The highest BCUT2D eigenvalue weighted by molar-refractivity contribution is 5.92. The normalized spacial score (nSPS) is 10.8. The lowest BCUT2D eigenvalue weighted by Crippen LogP contribution is -1.93. The van der Waals surface area contributed by atoms with E-state index in [1.807, 2.05) is 6.07 Å². The third-order valence-corrected chi connectivity index (χ3v) is 2.90. The van der Waals surface area contributed by atoms with Crippen LogP contribution in [0.1, 0.15) is 0 Å². The van der Waals surface area contributed by atoms with Gasteiger partial charge in [-0.05, 0) is 30.3 Å². The molecule has 20 heavy (non-hydrogen) atoms. The summed E-state index contributed by atoms with van der Waals surface area (Å²) < 4.78 is 31.5. The molecule has 3 aromatic rings. The first-order chi connectivity index (χ1) is 9.65. The number of ether oxygens (including phenoxy) is 1. The van der Waals surface area contributed by atoms with E-state index in [1.54, 1.807) is 19.2 Å². The molecule has 1 aromatic heterocycles. The van der Waals surface area contributed by atoms with E-state index in [0.29, 0.717) is 17.3 Å². The van der Waals surface area contributed by atoms with Gasteiger partial charge in [-0.25, -0.2) is 8.78 Å². The summed E-state index contributed by atoms with van der Waals surface area (Å²) in [5.41, 5.74) is 1.09. The van der Waals surface area contributed by atoms with Gasteiger partial charge >= 0.3 is 0 Å². The van der Waals surface area contributed by atoms with Crippen molar-refractivity contribution in [3.8, 4) is 5.75 Å². The van der Waals surface area contributed by atoms with Gasteiger partial charge in [0.25, 0.3) is 0 Å². The number of fused-ring (bicyclic) bond motifs is 1. The van der Waals surface area contributed by atoms with Gasteiger partial charge in [-0.15, -0.1) is 0 Å². The molecular formula is C14H11F2N3O. The first kappa shape index (κ1) is 12.4. The van der Waals surface area contributed by atoms with E-state index in [0.717, 1.165) is 17.0 Å². The number of nitrogens with zero attached hydrogens (tertiary/aromatic N) is 1. The summed E-state index contributed by atoms with van der Waals surface area (Å²) in [6, 6.07) is 8.62. The van der Waals surface area contributed by atoms with E-state index >= 15 is 0 Å². The third-order valence-electron chi connectivity index (χ3n) is 2.90. The Balaban J connectivity index is 2.01. The summed E-state index contributed by atoms with van der Waals surface area (Å²) in [7, 11) is 1.57. The average molecular weight is 275 g/mol. The van der Waals surface area contributed by atoms with E-state index in [2.05, 4.69) is 15.5 Å². The number of rotatable bonds is 3. The molecular weight excluding hydrogens is 264 g/mol. The van der Waals surface area contributed by atoms with Crippen LogP contribution in [0.2, 0.25) is 0 Å². The van der Waals surface area contributed by atoms with E-state index < -0.39 is 11.6 Å². The SMILES string of the molecule is COc1ccc2[nH]nc(Nc3cc(F)cc(F)c3)c2c1. The van der Waals surface area contributed by atoms with Crippen molar-refractivity contribution in [2.45, 2.75) is 0 Å². The van der Waals surface area contributed by atoms with Crippen LogP contribution >= 0.6 is 0 Å². The van der Waals surface area contributed by atoms with Crippen LogP contribution < -0.4 is 10.1 Å². The van der Waals surface area contributed by atoms with Crippen LogP contribution in [0.5, 0.6) is 5.75 Å². The second kappa shape index (κ2) is 4.80. The quantitative estimate of drug-likeness (QED) is 0.768. The molecule has 102 valence electrons. The lowest BCUT2D eigenvalue weighted by atomic mass is 10.2. The zero-order valence-electron chi connectivity index (χ0n) is 10.6. The average Bonchev–Trinajstić information content (AvgIpc) is 2.80. The molecule has 0 aliphatic heterocycles. The molecule has 0 saturated heterocycles. The molecule has 2 aromatic carbocycles. The number of aromatic amines is 1. The maximum Gasteiger partial charge on any atom is 0.160 e. The summed E-state index contributed by atoms with van der Waals surface area (Å²) >= 11 is 0. The third kappa shape index (κ3) is 2.27. The molecule has 0 bridgehead atoms. The van der Waals surface area contributed by atoms with Crippen LogP contribution in [-0.4, -0.2) is 17.3 Å². The van der Waals surface area contributed by atoms with Gasteiger partial charge < -0.3 is 10.1 Å². The number of hydrogen-bond donors (Lipinski definition) is 2. The first-order valence-corrected chi connectivity index (χ1v) is 5.91. The van der Waals surface area contributed by atoms with Crippen LogP contribution in [0.25, 0.3) is 10.9 Å². The number of hydrogen-bond acceptors (Lipinski definition) is 3. The van der Waals surface area contributed by atoms with Crippen LogP contribution in [0.3, 0.4) is 0 Å². The van der Waals surface area contributed by atoms with Crippen LogP contribution in [0, 0.1) is 11.6 Å². The molecule has 6 heteroatoms. The smallest absolute Gasteiger partial charge is 0.160 e. The van der Waals surface area contributed by atoms with E-state index in [9.17, 15) is 8.78 Å². The lowest BCUT2D eigenvalue weighted by molar-refractivity contribution is 0.415. The van der Waals surface area contributed by atoms with Gasteiger partial charge in [0, 0.05) is 17.1 Å². The van der Waals surface area contributed by atoms with Crippen molar-refractivity contribution >= 4 is 22.4 Å². The van der Waals surface area contributed by atoms with Crippen LogP contribution in [0.15, 0.2) is 36.4 Å². The molecule has 1 heterocycles. The topological polar surface area (TPSA) is 49.9 Å². The van der Waals surface area contributed by atoms with Gasteiger partial charge in [0.2, 0.25) is 0 Å². The Bertz CT molecular complexity index is 750. The molecule has 4 nitrogen and oxygen atoms in total. The molecule has 0 aliphatic carbocycles. The van der Waals surface area contributed by atoms with Gasteiger partial charge in [0.05, 0.1) is 12.6 Å². The van der Waals surface area contributed by atoms with Gasteiger partial charge in [-0.1, -0.05) is 0 Å². The fraction of sp³-hybridized carbons (Fsp3) is 0.0714. The Morgan fingerprint density at radius 2 is 1.85 bits per heavy atom. The first-order valence-electron chi connectivity index (χ1n) is 5.91. The molecule has 0 amide bonds. The number of methoxy groups -OCH3 is 1. The van der Waals surface area contributed by atoms with Crippen LogP contribution in [0.4, 0.5) is 20.3 Å². The molecule has 0 aliphatic rings. The number of aromatic nitrogens is 2. The summed E-state index contributed by atoms with van der Waals surface area (Å²) in [6.45, 7) is 0. The summed E-state index contributed by atoms with van der Waals surface area (Å²) in [5, 5.41) is 10.6. The van der Waals surface area contributed by atoms with Gasteiger partial charge in [-0.2, -0.15) is 5.10 Å². The predicted molar refractivity (Wildman–Crippen MR) is 72.3 cm³/mol. The number of benzene rings is 2. The lowest BCUT2D eigenvalue weighted by Gasteiger charge is -2.05. The van der Waals surface area contributed by atoms with Crippen molar-refractivity contribution in [1.82, 2.24) is 10.2 Å². The van der Waals surface area contributed by atoms with Crippen molar-refractivity contribution in [3.05, 3.63) is 48.0 Å². The van der Waals surface area contributed by atoms with Crippen molar-refractivity contribution in [2.24, 2.45) is 0 Å². The Morgan fingerprint density at radius 1 is 1.10 bits per heavy atom. The Morgan fingerprint density at radius 3 is 2.55 bits per heavy atom. The molecule has 0 spiro atoms. The minimum absolute atomic E-state index is 0.290. The second-order valence-electron chi connectivity index (χ2n) is 4.27. The van der Waals surface area contributed by atoms with E-state index in [-0.39, 0.29) is 0 Å². The standard InChI is InChI=1S/C14H11F2N3O/c1-20-11-2-3-13-12(7-11)14(19-18-13)17-10-5-8(15)4-9(16)6-10/h2-7H,1H3,(H2,17,18,19). The molecule has 0 saturated carbocycles. The number of halogens is 2. The second-order valence-corrected chi connectivity index (χ2v) is 4.27. The van der Waals surface area contributed by atoms with E-state index in [4.69, 9.17) is 4.74 Å². The fourth-order valence-corrected chi connectivity index (χ4v) is 1.98. The van der Waals surface area contributed by atoms with E-state index in [1.165, 1.54) is 12.1 Å². The van der Waals surface area contributed by atoms with Gasteiger partial charge in [-0.3, -0.25) is 5.10 Å².